The first-order valence-corrected chi connectivity index (χ1v) is 4.90. The molecule has 0 atom stereocenters. The summed E-state index contributed by atoms with van der Waals surface area (Å²) >= 11 is 0. The first-order valence-electron chi connectivity index (χ1n) is 4.90. The molecule has 12 heavy (non-hydrogen) atoms. The lowest BCUT2D eigenvalue weighted by molar-refractivity contribution is 0.116. The Kier molecular flexibility index (Phi) is 3.53. The summed E-state index contributed by atoms with van der Waals surface area (Å²) in [5, 5.41) is 0. The maximum absolute atomic E-state index is 5.22. The van der Waals surface area contributed by atoms with Gasteiger partial charge in [0.15, 0.2) is 0 Å². The number of nitrogens with zero attached hydrogens (tertiary/aromatic N) is 1. The van der Waals surface area contributed by atoms with Crippen molar-refractivity contribution in [3.05, 3.63) is 0 Å². The SMILES string of the molecule is CCCN(C)CC1(COC)CC1. The quantitative estimate of drug-likeness (QED) is 0.603. The summed E-state index contributed by atoms with van der Waals surface area (Å²) in [4.78, 5) is 2.42. The minimum absolute atomic E-state index is 0.526. The molecule has 0 spiro atoms. The Morgan fingerprint density at radius 2 is 2.08 bits per heavy atom. The molecule has 0 radical (unpaired) electrons. The van der Waals surface area contributed by atoms with Crippen LogP contribution < -0.4 is 0 Å². The first-order chi connectivity index (χ1) is 5.72. The zero-order valence-corrected chi connectivity index (χ0v) is 8.60. The molecule has 0 bridgehead atoms. The Balaban J connectivity index is 2.20. The van der Waals surface area contributed by atoms with Gasteiger partial charge in [0.2, 0.25) is 0 Å². The van der Waals surface area contributed by atoms with Crippen molar-refractivity contribution < 1.29 is 4.74 Å². The molecule has 0 aromatic heterocycles. The summed E-state index contributed by atoms with van der Waals surface area (Å²) in [6.45, 7) is 5.60. The predicted molar refractivity (Wildman–Crippen MR) is 51.3 cm³/mol. The highest BCUT2D eigenvalue weighted by molar-refractivity contribution is 4.94. The van der Waals surface area contributed by atoms with Gasteiger partial charge in [-0.15, -0.1) is 0 Å². The van der Waals surface area contributed by atoms with E-state index in [-0.39, 0.29) is 0 Å². The molecule has 0 N–H and O–H groups in total. The van der Waals surface area contributed by atoms with Crippen LogP contribution in [0.3, 0.4) is 0 Å². The van der Waals surface area contributed by atoms with Gasteiger partial charge in [-0.3, -0.25) is 0 Å². The van der Waals surface area contributed by atoms with E-state index in [0.717, 1.165) is 6.61 Å². The minimum Gasteiger partial charge on any atom is -0.384 e. The molecule has 0 aromatic carbocycles. The summed E-state index contributed by atoms with van der Waals surface area (Å²) in [5.74, 6) is 0. The second-order valence-corrected chi connectivity index (χ2v) is 4.17. The molecular formula is C10H21NO. The normalized spacial score (nSPS) is 20.0. The van der Waals surface area contributed by atoms with Gasteiger partial charge in [0, 0.05) is 19.1 Å². The fraction of sp³-hybridized carbons (Fsp3) is 1.00. The zero-order valence-electron chi connectivity index (χ0n) is 8.60. The molecule has 0 aliphatic heterocycles. The standard InChI is InChI=1S/C10H21NO/c1-4-7-11(2)8-10(5-6-10)9-12-3/h4-9H2,1-3H3. The maximum Gasteiger partial charge on any atom is 0.0530 e. The Hall–Kier alpha value is -0.0800. The highest BCUT2D eigenvalue weighted by Crippen LogP contribution is 2.46. The Morgan fingerprint density at radius 1 is 1.42 bits per heavy atom. The number of rotatable bonds is 6. The third kappa shape index (κ3) is 2.76. The van der Waals surface area contributed by atoms with E-state index < -0.39 is 0 Å². The zero-order chi connectivity index (χ0) is 9.03. The van der Waals surface area contributed by atoms with Gasteiger partial charge in [0.1, 0.15) is 0 Å². The van der Waals surface area contributed by atoms with E-state index in [1.165, 1.54) is 32.4 Å². The highest BCUT2D eigenvalue weighted by Gasteiger charge is 2.43. The molecule has 2 heteroatoms. The van der Waals surface area contributed by atoms with Crippen LogP contribution in [0.25, 0.3) is 0 Å². The minimum atomic E-state index is 0.526. The summed E-state index contributed by atoms with van der Waals surface area (Å²) in [6.07, 6.45) is 3.96. The van der Waals surface area contributed by atoms with Crippen molar-refractivity contribution in [2.45, 2.75) is 26.2 Å². The maximum atomic E-state index is 5.22. The van der Waals surface area contributed by atoms with E-state index in [9.17, 15) is 0 Å². The number of hydrogen-bond acceptors (Lipinski definition) is 2. The van der Waals surface area contributed by atoms with Crippen LogP contribution in [0.4, 0.5) is 0 Å². The van der Waals surface area contributed by atoms with E-state index >= 15 is 0 Å². The number of hydrogen-bond donors (Lipinski definition) is 0. The van der Waals surface area contributed by atoms with Crippen LogP contribution in [0.2, 0.25) is 0 Å². The molecular weight excluding hydrogens is 150 g/mol. The lowest BCUT2D eigenvalue weighted by atomic mass is 10.1. The van der Waals surface area contributed by atoms with Crippen molar-refractivity contribution in [3.63, 3.8) is 0 Å². The molecule has 1 aliphatic rings. The van der Waals surface area contributed by atoms with Crippen molar-refractivity contribution in [2.24, 2.45) is 5.41 Å². The summed E-state index contributed by atoms with van der Waals surface area (Å²) in [7, 11) is 4.01. The van der Waals surface area contributed by atoms with Crippen molar-refractivity contribution in [1.82, 2.24) is 4.90 Å². The summed E-state index contributed by atoms with van der Waals surface area (Å²) in [6, 6.07) is 0. The molecule has 1 aliphatic carbocycles. The fourth-order valence-electron chi connectivity index (χ4n) is 1.86. The van der Waals surface area contributed by atoms with Crippen LogP contribution >= 0.6 is 0 Å². The molecule has 1 saturated carbocycles. The Bertz CT molecular complexity index is 132. The molecule has 0 saturated heterocycles. The average molecular weight is 171 g/mol. The molecule has 1 fully saturated rings. The largest absolute Gasteiger partial charge is 0.384 e. The van der Waals surface area contributed by atoms with Gasteiger partial charge in [-0.2, -0.15) is 0 Å². The van der Waals surface area contributed by atoms with Gasteiger partial charge < -0.3 is 9.64 Å². The van der Waals surface area contributed by atoms with Crippen molar-refractivity contribution in [3.8, 4) is 0 Å². The van der Waals surface area contributed by atoms with Gasteiger partial charge in [0.05, 0.1) is 6.61 Å². The molecule has 2 nitrogen and oxygen atoms in total. The van der Waals surface area contributed by atoms with Crippen molar-refractivity contribution in [1.29, 1.82) is 0 Å². The van der Waals surface area contributed by atoms with Gasteiger partial charge in [-0.25, -0.2) is 0 Å². The van der Waals surface area contributed by atoms with E-state index in [2.05, 4.69) is 18.9 Å². The van der Waals surface area contributed by atoms with Crippen LogP contribution in [-0.4, -0.2) is 38.8 Å². The van der Waals surface area contributed by atoms with Gasteiger partial charge in [0.25, 0.3) is 0 Å². The van der Waals surface area contributed by atoms with Gasteiger partial charge >= 0.3 is 0 Å². The first kappa shape index (κ1) is 10.0. The van der Waals surface area contributed by atoms with E-state index in [0.29, 0.717) is 5.41 Å². The van der Waals surface area contributed by atoms with E-state index in [1.54, 1.807) is 7.11 Å². The highest BCUT2D eigenvalue weighted by atomic mass is 16.5. The van der Waals surface area contributed by atoms with Crippen LogP contribution in [0.5, 0.6) is 0 Å². The smallest absolute Gasteiger partial charge is 0.0530 e. The molecule has 0 heterocycles. The fourth-order valence-corrected chi connectivity index (χ4v) is 1.86. The van der Waals surface area contributed by atoms with Crippen molar-refractivity contribution in [2.75, 3.05) is 33.9 Å². The van der Waals surface area contributed by atoms with Crippen LogP contribution in [-0.2, 0) is 4.74 Å². The average Bonchev–Trinajstić information content (AvgIpc) is 2.70. The molecule has 0 unspecified atom stereocenters. The second kappa shape index (κ2) is 4.24. The topological polar surface area (TPSA) is 12.5 Å². The monoisotopic (exact) mass is 171 g/mol. The third-order valence-corrected chi connectivity index (χ3v) is 2.62. The Labute approximate surface area is 75.9 Å². The van der Waals surface area contributed by atoms with Crippen LogP contribution in [0.1, 0.15) is 26.2 Å². The van der Waals surface area contributed by atoms with Crippen molar-refractivity contribution >= 4 is 0 Å². The van der Waals surface area contributed by atoms with Gasteiger partial charge in [-0.1, -0.05) is 6.92 Å². The molecule has 0 aromatic rings. The van der Waals surface area contributed by atoms with Crippen LogP contribution in [0.15, 0.2) is 0 Å². The molecule has 0 amide bonds. The predicted octanol–water partition coefficient (Wildman–Crippen LogP) is 1.75. The molecule has 72 valence electrons. The second-order valence-electron chi connectivity index (χ2n) is 4.17. The summed E-state index contributed by atoms with van der Waals surface area (Å²) in [5.41, 5.74) is 0.526. The number of ether oxygens (including phenoxy) is 1. The van der Waals surface area contributed by atoms with Gasteiger partial charge in [-0.05, 0) is 32.9 Å². The van der Waals surface area contributed by atoms with E-state index in [4.69, 9.17) is 4.74 Å². The number of methoxy groups -OCH3 is 1. The lowest BCUT2D eigenvalue weighted by Gasteiger charge is -2.22. The lowest BCUT2D eigenvalue weighted by Crippen LogP contribution is -2.29. The Morgan fingerprint density at radius 3 is 2.50 bits per heavy atom. The summed E-state index contributed by atoms with van der Waals surface area (Å²) < 4.78 is 5.22. The van der Waals surface area contributed by atoms with Crippen LogP contribution in [0, 0.1) is 5.41 Å². The van der Waals surface area contributed by atoms with E-state index in [1.807, 2.05) is 0 Å². The molecule has 1 rings (SSSR count). The third-order valence-electron chi connectivity index (χ3n) is 2.62.